The Morgan fingerprint density at radius 3 is 3.09 bits per heavy atom. The second kappa shape index (κ2) is 2.08. The first-order chi connectivity index (χ1) is 5.13. The summed E-state index contributed by atoms with van der Waals surface area (Å²) in [5.41, 5.74) is 1.42. The van der Waals surface area contributed by atoms with E-state index in [1.54, 1.807) is 0 Å². The highest BCUT2D eigenvalue weighted by molar-refractivity contribution is 5.24. The minimum absolute atomic E-state index is 0.124. The average molecular weight is 153 g/mol. The third-order valence-corrected chi connectivity index (χ3v) is 3.21. The first-order valence-corrected chi connectivity index (χ1v) is 4.24. The molecule has 0 aromatic carbocycles. The van der Waals surface area contributed by atoms with Crippen molar-refractivity contribution in [3.05, 3.63) is 12.2 Å². The Morgan fingerprint density at radius 2 is 2.45 bits per heavy atom. The highest BCUT2D eigenvalue weighted by Gasteiger charge is 2.46. The predicted molar refractivity (Wildman–Crippen MR) is 44.4 cm³/mol. The first-order valence-electron chi connectivity index (χ1n) is 4.24. The van der Waals surface area contributed by atoms with Crippen molar-refractivity contribution < 1.29 is 5.11 Å². The number of rotatable bonds is 0. The molecular formula is C9H15NO. The smallest absolute Gasteiger partial charge is 0.0688 e. The van der Waals surface area contributed by atoms with Crippen LogP contribution in [0, 0.1) is 0 Å². The van der Waals surface area contributed by atoms with Crippen LogP contribution in [0.2, 0.25) is 0 Å². The second-order valence-corrected chi connectivity index (χ2v) is 3.93. The van der Waals surface area contributed by atoms with Crippen LogP contribution in [-0.2, 0) is 0 Å². The van der Waals surface area contributed by atoms with Gasteiger partial charge in [0.15, 0.2) is 0 Å². The van der Waals surface area contributed by atoms with E-state index in [-0.39, 0.29) is 11.6 Å². The van der Waals surface area contributed by atoms with Gasteiger partial charge in [0, 0.05) is 18.6 Å². The molecule has 0 saturated carbocycles. The summed E-state index contributed by atoms with van der Waals surface area (Å²) in [6.07, 6.45) is 1.87. The van der Waals surface area contributed by atoms with Gasteiger partial charge in [-0.25, -0.2) is 0 Å². The summed E-state index contributed by atoms with van der Waals surface area (Å²) in [5, 5.41) is 9.44. The van der Waals surface area contributed by atoms with Crippen molar-refractivity contribution in [3.63, 3.8) is 0 Å². The molecule has 0 amide bonds. The van der Waals surface area contributed by atoms with Crippen molar-refractivity contribution in [2.24, 2.45) is 0 Å². The molecule has 2 fully saturated rings. The fraction of sp³-hybridized carbons (Fsp3) is 0.778. The lowest BCUT2D eigenvalue weighted by Gasteiger charge is -2.27. The zero-order valence-corrected chi connectivity index (χ0v) is 7.01. The molecule has 0 bridgehead atoms. The third kappa shape index (κ3) is 0.861. The highest BCUT2D eigenvalue weighted by atomic mass is 16.3. The molecule has 2 rings (SSSR count). The molecule has 2 saturated heterocycles. The van der Waals surface area contributed by atoms with Gasteiger partial charge in [-0.15, -0.1) is 0 Å². The van der Waals surface area contributed by atoms with E-state index >= 15 is 0 Å². The Labute approximate surface area is 67.5 Å². The molecule has 2 atom stereocenters. The van der Waals surface area contributed by atoms with Crippen LogP contribution >= 0.6 is 0 Å². The molecule has 1 N–H and O–H groups in total. The molecule has 0 spiro atoms. The Balaban J connectivity index is 2.26. The second-order valence-electron chi connectivity index (χ2n) is 3.93. The molecule has 0 aromatic heterocycles. The number of aliphatic hydroxyl groups is 1. The lowest BCUT2D eigenvalue weighted by Crippen LogP contribution is -2.35. The lowest BCUT2D eigenvalue weighted by molar-refractivity contribution is 0.177. The molecule has 2 aliphatic rings. The van der Waals surface area contributed by atoms with Gasteiger partial charge >= 0.3 is 0 Å². The number of hydrogen-bond donors (Lipinski definition) is 1. The predicted octanol–water partition coefficient (Wildman–Crippen LogP) is 0.772. The largest absolute Gasteiger partial charge is 0.392 e. The number of β-amino-alcohol motifs (C(OH)–C–C–N with tert-alkyl or cyclic N) is 1. The molecule has 1 unspecified atom stereocenters. The standard InChI is InChI=1S/C9H15NO/c1-7-3-4-10-6-8(11)5-9(7,10)2/h8,11H,1,3-6H2,2H3/t8?,9-/m1/s1. The summed E-state index contributed by atoms with van der Waals surface area (Å²) in [6.45, 7) is 8.18. The molecule has 2 nitrogen and oxygen atoms in total. The summed E-state index contributed by atoms with van der Waals surface area (Å²) >= 11 is 0. The van der Waals surface area contributed by atoms with Crippen molar-refractivity contribution >= 4 is 0 Å². The van der Waals surface area contributed by atoms with Crippen LogP contribution in [0.3, 0.4) is 0 Å². The molecule has 2 heteroatoms. The Morgan fingerprint density at radius 1 is 1.73 bits per heavy atom. The van der Waals surface area contributed by atoms with E-state index in [1.165, 1.54) is 5.57 Å². The molecule has 11 heavy (non-hydrogen) atoms. The van der Waals surface area contributed by atoms with Crippen molar-refractivity contribution in [3.8, 4) is 0 Å². The fourth-order valence-corrected chi connectivity index (χ4v) is 2.35. The van der Waals surface area contributed by atoms with Gasteiger partial charge in [0.2, 0.25) is 0 Å². The van der Waals surface area contributed by atoms with Gasteiger partial charge in [-0.2, -0.15) is 0 Å². The molecule has 0 aromatic rings. The van der Waals surface area contributed by atoms with Gasteiger partial charge in [-0.05, 0) is 19.8 Å². The Hall–Kier alpha value is -0.340. The van der Waals surface area contributed by atoms with Crippen LogP contribution in [0.1, 0.15) is 19.8 Å². The van der Waals surface area contributed by atoms with Gasteiger partial charge in [0.25, 0.3) is 0 Å². The molecule has 2 heterocycles. The van der Waals surface area contributed by atoms with E-state index in [4.69, 9.17) is 0 Å². The van der Waals surface area contributed by atoms with Gasteiger partial charge < -0.3 is 5.11 Å². The summed E-state index contributed by atoms with van der Waals surface area (Å²) in [5.74, 6) is 0. The van der Waals surface area contributed by atoms with Gasteiger partial charge in [0.1, 0.15) is 0 Å². The first kappa shape index (κ1) is 7.32. The van der Waals surface area contributed by atoms with Crippen molar-refractivity contribution in [2.45, 2.75) is 31.4 Å². The summed E-state index contributed by atoms with van der Waals surface area (Å²) in [6, 6.07) is 0. The SMILES string of the molecule is C=C1CCN2CC(O)C[C@]12C. The summed E-state index contributed by atoms with van der Waals surface area (Å²) in [4.78, 5) is 2.35. The molecule has 62 valence electrons. The van der Waals surface area contributed by atoms with Gasteiger partial charge in [0.05, 0.1) is 6.10 Å². The average Bonchev–Trinajstić information content (AvgIpc) is 2.32. The minimum Gasteiger partial charge on any atom is -0.392 e. The highest BCUT2D eigenvalue weighted by Crippen LogP contribution is 2.41. The number of nitrogens with zero attached hydrogens (tertiary/aromatic N) is 1. The Bertz CT molecular complexity index is 202. The number of hydrogen-bond acceptors (Lipinski definition) is 2. The monoisotopic (exact) mass is 153 g/mol. The third-order valence-electron chi connectivity index (χ3n) is 3.21. The topological polar surface area (TPSA) is 23.5 Å². The van der Waals surface area contributed by atoms with Crippen LogP contribution < -0.4 is 0 Å². The Kier molecular flexibility index (Phi) is 1.38. The van der Waals surface area contributed by atoms with Crippen molar-refractivity contribution in [1.29, 1.82) is 0 Å². The van der Waals surface area contributed by atoms with Crippen molar-refractivity contribution in [2.75, 3.05) is 13.1 Å². The summed E-state index contributed by atoms with van der Waals surface area (Å²) in [7, 11) is 0. The number of aliphatic hydroxyl groups excluding tert-OH is 1. The van der Waals surface area contributed by atoms with Crippen LogP contribution in [0.15, 0.2) is 12.2 Å². The maximum absolute atomic E-state index is 9.44. The van der Waals surface area contributed by atoms with E-state index in [0.29, 0.717) is 0 Å². The lowest BCUT2D eigenvalue weighted by atomic mass is 9.92. The number of fused-ring (bicyclic) bond motifs is 1. The van der Waals surface area contributed by atoms with E-state index in [0.717, 1.165) is 25.9 Å². The molecule has 0 aliphatic carbocycles. The van der Waals surface area contributed by atoms with Crippen LogP contribution in [0.4, 0.5) is 0 Å². The minimum atomic E-state index is -0.128. The zero-order valence-electron chi connectivity index (χ0n) is 7.01. The van der Waals surface area contributed by atoms with Crippen LogP contribution in [-0.4, -0.2) is 34.7 Å². The maximum atomic E-state index is 9.44. The molecular weight excluding hydrogens is 138 g/mol. The fourth-order valence-electron chi connectivity index (χ4n) is 2.35. The summed E-state index contributed by atoms with van der Waals surface area (Å²) < 4.78 is 0. The van der Waals surface area contributed by atoms with Gasteiger partial charge in [-0.1, -0.05) is 12.2 Å². The van der Waals surface area contributed by atoms with E-state index in [2.05, 4.69) is 18.4 Å². The maximum Gasteiger partial charge on any atom is 0.0688 e. The zero-order chi connectivity index (χ0) is 8.06. The van der Waals surface area contributed by atoms with Crippen LogP contribution in [0.5, 0.6) is 0 Å². The van der Waals surface area contributed by atoms with Crippen LogP contribution in [0.25, 0.3) is 0 Å². The van der Waals surface area contributed by atoms with Gasteiger partial charge in [-0.3, -0.25) is 4.90 Å². The quantitative estimate of drug-likeness (QED) is 0.520. The van der Waals surface area contributed by atoms with E-state index in [1.807, 2.05) is 0 Å². The van der Waals surface area contributed by atoms with E-state index in [9.17, 15) is 5.11 Å². The normalized spacial score (nSPS) is 44.9. The van der Waals surface area contributed by atoms with E-state index < -0.39 is 0 Å². The molecule has 2 aliphatic heterocycles. The molecule has 0 radical (unpaired) electrons. The van der Waals surface area contributed by atoms with Crippen molar-refractivity contribution in [1.82, 2.24) is 4.90 Å².